The van der Waals surface area contributed by atoms with Crippen LogP contribution in [0.3, 0.4) is 0 Å². The smallest absolute Gasteiger partial charge is 0.323 e. The summed E-state index contributed by atoms with van der Waals surface area (Å²) >= 11 is 0. The van der Waals surface area contributed by atoms with Crippen LogP contribution in [0.5, 0.6) is 5.75 Å². The molecule has 0 aromatic heterocycles. The molecule has 4 rings (SSSR count). The van der Waals surface area contributed by atoms with E-state index in [0.29, 0.717) is 49.0 Å². The highest BCUT2D eigenvalue weighted by atomic mass is 16.5. The fourth-order valence-electron chi connectivity index (χ4n) is 4.29. The second-order valence-electron chi connectivity index (χ2n) is 9.25. The number of urea groups is 1. The van der Waals surface area contributed by atoms with Gasteiger partial charge in [-0.2, -0.15) is 0 Å². The average Bonchev–Trinajstić information content (AvgIpc) is 3.01. The van der Waals surface area contributed by atoms with E-state index in [0.717, 1.165) is 11.1 Å². The summed E-state index contributed by atoms with van der Waals surface area (Å²) in [4.78, 5) is 28.4. The fourth-order valence-corrected chi connectivity index (χ4v) is 4.29. The molecule has 0 unspecified atom stereocenters. The van der Waals surface area contributed by atoms with Crippen LogP contribution in [0.15, 0.2) is 109 Å². The predicted molar refractivity (Wildman–Crippen MR) is 161 cm³/mol. The zero-order chi connectivity index (χ0) is 28.9. The molecular weight excluding hydrogens is 518 g/mol. The molecule has 0 aliphatic carbocycles. The van der Waals surface area contributed by atoms with Gasteiger partial charge in [0.15, 0.2) is 0 Å². The number of carbonyl (C=O) groups excluding carboxylic acids is 2. The third kappa shape index (κ3) is 8.41. The molecule has 2 N–H and O–H groups in total. The number of carbonyl (C=O) groups is 2. The number of hydrogen-bond donors (Lipinski definition) is 2. The van der Waals surface area contributed by atoms with Crippen molar-refractivity contribution in [3.8, 4) is 5.75 Å². The molecule has 0 bridgehead atoms. The van der Waals surface area contributed by atoms with Crippen LogP contribution < -0.4 is 15.4 Å². The Morgan fingerprint density at radius 1 is 0.683 bits per heavy atom. The van der Waals surface area contributed by atoms with Crippen molar-refractivity contribution < 1.29 is 23.8 Å². The number of ether oxygens (including phenoxy) is 3. The molecule has 0 fully saturated rings. The summed E-state index contributed by atoms with van der Waals surface area (Å²) in [5.74, 6) is 0.127. The van der Waals surface area contributed by atoms with Crippen molar-refractivity contribution in [2.75, 3.05) is 51.2 Å². The lowest BCUT2D eigenvalue weighted by Gasteiger charge is -2.26. The largest absolute Gasteiger partial charge is 0.480 e. The molecule has 0 heterocycles. The molecule has 0 aliphatic heterocycles. The van der Waals surface area contributed by atoms with Crippen LogP contribution in [-0.4, -0.2) is 57.4 Å². The highest BCUT2D eigenvalue weighted by molar-refractivity contribution is 6.02. The minimum absolute atomic E-state index is 0.263. The Bertz CT molecular complexity index is 1340. The summed E-state index contributed by atoms with van der Waals surface area (Å²) in [7, 11) is 3.18. The van der Waals surface area contributed by atoms with Crippen LogP contribution in [-0.2, 0) is 9.47 Å². The standard InChI is InChI=1S/C33H35N3O5/c1-39-22-20-36(21-23-40-2)32(37)29-24-28(35-33(38)34-27-16-10-5-11-17-27)18-19-30(29)41-31(25-12-6-3-7-13-25)26-14-8-4-9-15-26/h3-19,24,31H,20-23H2,1-2H3,(H2,34,35,38). The van der Waals surface area contributed by atoms with E-state index in [2.05, 4.69) is 10.6 Å². The lowest BCUT2D eigenvalue weighted by atomic mass is 10.0. The molecular formula is C33H35N3O5. The molecule has 0 saturated carbocycles. The van der Waals surface area contributed by atoms with Gasteiger partial charge in [0, 0.05) is 38.7 Å². The van der Waals surface area contributed by atoms with E-state index in [4.69, 9.17) is 14.2 Å². The molecule has 212 valence electrons. The minimum Gasteiger partial charge on any atom is -0.480 e. The number of hydrogen-bond acceptors (Lipinski definition) is 5. The van der Waals surface area contributed by atoms with E-state index in [-0.39, 0.29) is 5.91 Å². The zero-order valence-corrected chi connectivity index (χ0v) is 23.3. The van der Waals surface area contributed by atoms with Crippen LogP contribution >= 0.6 is 0 Å². The van der Waals surface area contributed by atoms with Crippen molar-refractivity contribution in [2.24, 2.45) is 0 Å². The molecule has 0 atom stereocenters. The van der Waals surface area contributed by atoms with Crippen molar-refractivity contribution in [1.82, 2.24) is 4.90 Å². The number of benzene rings is 4. The molecule has 8 nitrogen and oxygen atoms in total. The molecule has 41 heavy (non-hydrogen) atoms. The van der Waals surface area contributed by atoms with Gasteiger partial charge in [0.2, 0.25) is 0 Å². The van der Waals surface area contributed by atoms with E-state index in [1.54, 1.807) is 49.5 Å². The summed E-state index contributed by atoms with van der Waals surface area (Å²) < 4.78 is 17.1. The van der Waals surface area contributed by atoms with Crippen LogP contribution in [0.2, 0.25) is 0 Å². The fraction of sp³-hybridized carbons (Fsp3) is 0.212. The first-order valence-corrected chi connectivity index (χ1v) is 13.4. The number of nitrogens with zero attached hydrogens (tertiary/aromatic N) is 1. The first-order valence-electron chi connectivity index (χ1n) is 13.4. The van der Waals surface area contributed by atoms with Crippen LogP contribution in [0.4, 0.5) is 16.2 Å². The maximum Gasteiger partial charge on any atom is 0.323 e. The summed E-state index contributed by atoms with van der Waals surface area (Å²) in [5.41, 5.74) is 3.30. The van der Waals surface area contributed by atoms with E-state index >= 15 is 0 Å². The Kier molecular flexibility index (Phi) is 10.9. The Balaban J connectivity index is 1.69. The molecule has 4 aromatic rings. The van der Waals surface area contributed by atoms with Gasteiger partial charge in [0.1, 0.15) is 11.9 Å². The molecule has 0 aliphatic rings. The van der Waals surface area contributed by atoms with Gasteiger partial charge in [0.25, 0.3) is 5.91 Å². The third-order valence-corrected chi connectivity index (χ3v) is 6.37. The van der Waals surface area contributed by atoms with Gasteiger partial charge in [-0.25, -0.2) is 4.79 Å². The van der Waals surface area contributed by atoms with Crippen LogP contribution in [0, 0.1) is 0 Å². The van der Waals surface area contributed by atoms with Gasteiger partial charge < -0.3 is 29.7 Å². The third-order valence-electron chi connectivity index (χ3n) is 6.37. The van der Waals surface area contributed by atoms with Crippen molar-refractivity contribution in [3.63, 3.8) is 0 Å². The van der Waals surface area contributed by atoms with Crippen LogP contribution in [0.1, 0.15) is 27.6 Å². The van der Waals surface area contributed by atoms with E-state index < -0.39 is 12.1 Å². The number of rotatable bonds is 13. The maximum atomic E-state index is 14.0. The Labute approximate surface area is 240 Å². The molecule has 4 aromatic carbocycles. The first-order chi connectivity index (χ1) is 20.1. The molecule has 3 amide bonds. The van der Waals surface area contributed by atoms with Crippen molar-refractivity contribution >= 4 is 23.3 Å². The Morgan fingerprint density at radius 2 is 1.20 bits per heavy atom. The average molecular weight is 554 g/mol. The molecule has 0 spiro atoms. The number of methoxy groups -OCH3 is 2. The SMILES string of the molecule is COCCN(CCOC)C(=O)c1cc(NC(=O)Nc2ccccc2)ccc1OC(c1ccccc1)c1ccccc1. The zero-order valence-electron chi connectivity index (χ0n) is 23.3. The number of para-hydroxylation sites is 1. The quantitative estimate of drug-likeness (QED) is 0.205. The van der Waals surface area contributed by atoms with Crippen LogP contribution in [0.25, 0.3) is 0 Å². The highest BCUT2D eigenvalue weighted by Crippen LogP contribution is 2.33. The number of amides is 3. The lowest BCUT2D eigenvalue weighted by Crippen LogP contribution is -2.36. The maximum absolute atomic E-state index is 14.0. The molecule has 0 saturated heterocycles. The monoisotopic (exact) mass is 553 g/mol. The molecule has 8 heteroatoms. The first kappa shape index (κ1) is 29.3. The van der Waals surface area contributed by atoms with E-state index in [1.807, 2.05) is 78.9 Å². The second kappa shape index (κ2) is 15.2. The van der Waals surface area contributed by atoms with Gasteiger partial charge in [-0.05, 0) is 41.5 Å². The van der Waals surface area contributed by atoms with Gasteiger partial charge in [-0.15, -0.1) is 0 Å². The second-order valence-corrected chi connectivity index (χ2v) is 9.25. The lowest BCUT2D eigenvalue weighted by molar-refractivity contribution is 0.0622. The highest BCUT2D eigenvalue weighted by Gasteiger charge is 2.24. The summed E-state index contributed by atoms with van der Waals surface area (Å²) in [6.45, 7) is 1.45. The van der Waals surface area contributed by atoms with Gasteiger partial charge in [-0.3, -0.25) is 4.79 Å². The normalized spacial score (nSPS) is 10.7. The number of nitrogens with one attached hydrogen (secondary N) is 2. The van der Waals surface area contributed by atoms with Crippen molar-refractivity contribution in [1.29, 1.82) is 0 Å². The topological polar surface area (TPSA) is 89.1 Å². The van der Waals surface area contributed by atoms with Gasteiger partial charge in [0.05, 0.1) is 18.8 Å². The van der Waals surface area contributed by atoms with Crippen molar-refractivity contribution in [3.05, 3.63) is 126 Å². The Hall–Kier alpha value is -4.66. The summed E-state index contributed by atoms with van der Waals surface area (Å²) in [6.07, 6.45) is -0.462. The van der Waals surface area contributed by atoms with Crippen molar-refractivity contribution in [2.45, 2.75) is 6.10 Å². The molecule has 0 radical (unpaired) electrons. The Morgan fingerprint density at radius 3 is 1.73 bits per heavy atom. The summed E-state index contributed by atoms with van der Waals surface area (Å²) in [6, 6.07) is 33.5. The van der Waals surface area contributed by atoms with E-state index in [9.17, 15) is 9.59 Å². The van der Waals surface area contributed by atoms with Gasteiger partial charge >= 0.3 is 6.03 Å². The van der Waals surface area contributed by atoms with E-state index in [1.165, 1.54) is 0 Å². The predicted octanol–water partition coefficient (Wildman–Crippen LogP) is 6.23. The van der Waals surface area contributed by atoms with Gasteiger partial charge in [-0.1, -0.05) is 78.9 Å². The minimum atomic E-state index is -0.462. The number of anilines is 2. The summed E-state index contributed by atoms with van der Waals surface area (Å²) in [5, 5.41) is 5.63.